The lowest BCUT2D eigenvalue weighted by atomic mass is 9.98. The fourth-order valence-corrected chi connectivity index (χ4v) is 4.09. The Kier molecular flexibility index (Phi) is 9.48. The molecule has 6 heteroatoms. The normalized spacial score (nSPS) is 12.2. The number of fused-ring (bicyclic) bond motifs is 1. The lowest BCUT2D eigenvalue weighted by Gasteiger charge is -2.33. The smallest absolute Gasteiger partial charge is 0.249 e. The Bertz CT molecular complexity index is 1150. The third-order valence-electron chi connectivity index (χ3n) is 5.80. The molecule has 2 amide bonds. The van der Waals surface area contributed by atoms with E-state index in [2.05, 4.69) is 12.2 Å². The number of nitrogens with one attached hydrogen (secondary N) is 1. The maximum Gasteiger partial charge on any atom is 0.249 e. The number of amides is 2. The van der Waals surface area contributed by atoms with E-state index in [-0.39, 0.29) is 18.4 Å². The summed E-state index contributed by atoms with van der Waals surface area (Å²) in [7, 11) is 1.49. The molecule has 0 aliphatic rings. The third kappa shape index (κ3) is 7.56. The molecule has 0 bridgehead atoms. The van der Waals surface area contributed by atoms with E-state index in [4.69, 9.17) is 9.47 Å². The number of carbonyl (C=O) groups excluding carboxylic acids is 2. The zero-order valence-corrected chi connectivity index (χ0v) is 22.0. The zero-order chi connectivity index (χ0) is 26.1. The minimum absolute atomic E-state index is 0.0707. The van der Waals surface area contributed by atoms with Gasteiger partial charge in [0.05, 0.1) is 0 Å². The molecule has 0 saturated carbocycles. The zero-order valence-electron chi connectivity index (χ0n) is 22.0. The van der Waals surface area contributed by atoms with E-state index in [1.807, 2.05) is 87.5 Å². The first kappa shape index (κ1) is 27.2. The van der Waals surface area contributed by atoms with E-state index >= 15 is 0 Å². The molecule has 192 valence electrons. The van der Waals surface area contributed by atoms with Gasteiger partial charge in [-0.2, -0.15) is 0 Å². The molecule has 1 unspecified atom stereocenters. The summed E-state index contributed by atoms with van der Waals surface area (Å²) in [5.74, 6) is 0.371. The molecule has 0 radical (unpaired) electrons. The van der Waals surface area contributed by atoms with Crippen LogP contribution in [0, 0.1) is 0 Å². The van der Waals surface area contributed by atoms with Gasteiger partial charge in [-0.1, -0.05) is 61.9 Å². The number of hydrogen-bond donors (Lipinski definition) is 1. The van der Waals surface area contributed by atoms with Crippen molar-refractivity contribution in [2.24, 2.45) is 0 Å². The first-order chi connectivity index (χ1) is 17.2. The first-order valence-corrected chi connectivity index (χ1v) is 12.5. The van der Waals surface area contributed by atoms with Gasteiger partial charge >= 0.3 is 0 Å². The maximum absolute atomic E-state index is 13.5. The Morgan fingerprint density at radius 2 is 1.67 bits per heavy atom. The molecule has 3 rings (SSSR count). The predicted molar refractivity (Wildman–Crippen MR) is 144 cm³/mol. The van der Waals surface area contributed by atoms with Crippen molar-refractivity contribution >= 4 is 22.6 Å². The molecule has 3 aromatic carbocycles. The highest BCUT2D eigenvalue weighted by molar-refractivity contribution is 5.91. The van der Waals surface area contributed by atoms with E-state index in [1.54, 1.807) is 4.90 Å². The molecule has 0 heterocycles. The fourth-order valence-electron chi connectivity index (χ4n) is 4.09. The molecule has 1 N–H and O–H groups in total. The molecule has 3 aromatic rings. The Balaban J connectivity index is 1.93. The predicted octanol–water partition coefficient (Wildman–Crippen LogP) is 5.65. The quantitative estimate of drug-likeness (QED) is 0.377. The lowest BCUT2D eigenvalue weighted by Crippen LogP contribution is -2.50. The van der Waals surface area contributed by atoms with Gasteiger partial charge in [0.1, 0.15) is 25.0 Å². The summed E-state index contributed by atoms with van der Waals surface area (Å²) in [5.41, 5.74) is 1.44. The van der Waals surface area contributed by atoms with Crippen LogP contribution in [-0.2, 0) is 20.9 Å². The monoisotopic (exact) mass is 490 g/mol. The summed E-state index contributed by atoms with van der Waals surface area (Å²) < 4.78 is 11.1. The van der Waals surface area contributed by atoms with Crippen molar-refractivity contribution in [3.63, 3.8) is 0 Å². The average Bonchev–Trinajstić information content (AvgIpc) is 2.84. The highest BCUT2D eigenvalue weighted by atomic mass is 16.5. The van der Waals surface area contributed by atoms with Crippen molar-refractivity contribution in [1.29, 1.82) is 0 Å². The van der Waals surface area contributed by atoms with Crippen molar-refractivity contribution in [2.45, 2.75) is 58.7 Å². The van der Waals surface area contributed by atoms with Gasteiger partial charge in [0, 0.05) is 19.2 Å². The minimum atomic E-state index is -0.753. The molecule has 36 heavy (non-hydrogen) atoms. The summed E-state index contributed by atoms with van der Waals surface area (Å²) in [6.45, 7) is 8.78. The Labute approximate surface area is 214 Å². The minimum Gasteiger partial charge on any atom is -0.489 e. The van der Waals surface area contributed by atoms with Crippen LogP contribution in [0.5, 0.6) is 5.75 Å². The van der Waals surface area contributed by atoms with Gasteiger partial charge in [-0.25, -0.2) is 0 Å². The standard InChI is InChI=1S/C30H38N2O4/c1-6-7-17-32(27(33)21-35-5)28(29(34)31-30(2,3)4)25-14-13-24-19-26(16-15-23(24)18-25)36-20-22-11-9-8-10-12-22/h8-16,18-19,28H,6-7,17,20-21H2,1-5H3,(H,31,34). The molecule has 0 aliphatic carbocycles. The molecular weight excluding hydrogens is 452 g/mol. The SMILES string of the molecule is CCCCN(C(=O)COC)C(C(=O)NC(C)(C)C)c1ccc2cc(OCc3ccccc3)ccc2c1. The van der Waals surface area contributed by atoms with Crippen LogP contribution in [0.25, 0.3) is 10.8 Å². The molecule has 0 fully saturated rings. The van der Waals surface area contributed by atoms with Gasteiger partial charge in [0.2, 0.25) is 11.8 Å². The van der Waals surface area contributed by atoms with Crippen LogP contribution in [0.1, 0.15) is 57.7 Å². The number of hydrogen-bond acceptors (Lipinski definition) is 4. The molecule has 0 aliphatic heterocycles. The summed E-state index contributed by atoms with van der Waals surface area (Å²) >= 11 is 0. The van der Waals surface area contributed by atoms with Crippen LogP contribution in [0.3, 0.4) is 0 Å². The number of nitrogens with zero attached hydrogens (tertiary/aromatic N) is 1. The van der Waals surface area contributed by atoms with Crippen LogP contribution >= 0.6 is 0 Å². The Morgan fingerprint density at radius 1 is 0.972 bits per heavy atom. The largest absolute Gasteiger partial charge is 0.489 e. The second-order valence-corrected chi connectivity index (χ2v) is 10.1. The summed E-state index contributed by atoms with van der Waals surface area (Å²) in [5, 5.41) is 5.04. The highest BCUT2D eigenvalue weighted by Gasteiger charge is 2.33. The van der Waals surface area contributed by atoms with Crippen LogP contribution in [0.2, 0.25) is 0 Å². The summed E-state index contributed by atoms with van der Waals surface area (Å²) in [6.07, 6.45) is 1.71. The Hall–Kier alpha value is -3.38. The number of rotatable bonds is 11. The van der Waals surface area contributed by atoms with E-state index in [0.717, 1.165) is 40.5 Å². The Morgan fingerprint density at radius 3 is 2.33 bits per heavy atom. The van der Waals surface area contributed by atoms with Crippen molar-refractivity contribution in [3.8, 4) is 5.75 Å². The van der Waals surface area contributed by atoms with Gasteiger partial charge in [-0.15, -0.1) is 0 Å². The molecule has 0 aromatic heterocycles. The van der Waals surface area contributed by atoms with Crippen LogP contribution in [0.15, 0.2) is 66.7 Å². The van der Waals surface area contributed by atoms with Crippen molar-refractivity contribution in [3.05, 3.63) is 77.9 Å². The summed E-state index contributed by atoms with van der Waals surface area (Å²) in [6, 6.07) is 21.1. The third-order valence-corrected chi connectivity index (χ3v) is 5.80. The van der Waals surface area contributed by atoms with Crippen molar-refractivity contribution in [2.75, 3.05) is 20.3 Å². The van der Waals surface area contributed by atoms with Gasteiger partial charge < -0.3 is 19.7 Å². The first-order valence-electron chi connectivity index (χ1n) is 12.5. The molecule has 0 saturated heterocycles. The second kappa shape index (κ2) is 12.5. The van der Waals surface area contributed by atoms with Gasteiger partial charge in [0.25, 0.3) is 0 Å². The van der Waals surface area contributed by atoms with E-state index in [9.17, 15) is 9.59 Å². The molecule has 6 nitrogen and oxygen atoms in total. The van der Waals surface area contributed by atoms with Crippen LogP contribution in [0.4, 0.5) is 0 Å². The van der Waals surface area contributed by atoms with Gasteiger partial charge in [-0.3, -0.25) is 9.59 Å². The number of benzene rings is 3. The molecule has 0 spiro atoms. The van der Waals surface area contributed by atoms with Crippen LogP contribution in [-0.4, -0.2) is 42.5 Å². The molecule has 1 atom stereocenters. The second-order valence-electron chi connectivity index (χ2n) is 10.1. The van der Waals surface area contributed by atoms with E-state index < -0.39 is 11.6 Å². The number of methoxy groups -OCH3 is 1. The van der Waals surface area contributed by atoms with E-state index in [0.29, 0.717) is 13.2 Å². The fraction of sp³-hybridized carbons (Fsp3) is 0.400. The topological polar surface area (TPSA) is 67.9 Å². The molecular formula is C30H38N2O4. The number of unbranched alkanes of at least 4 members (excludes halogenated alkanes) is 1. The van der Waals surface area contributed by atoms with Gasteiger partial charge in [-0.05, 0) is 67.3 Å². The van der Waals surface area contributed by atoms with Gasteiger partial charge in [0.15, 0.2) is 0 Å². The summed E-state index contributed by atoms with van der Waals surface area (Å²) in [4.78, 5) is 28.2. The number of carbonyl (C=O) groups is 2. The van der Waals surface area contributed by atoms with Crippen LogP contribution < -0.4 is 10.1 Å². The maximum atomic E-state index is 13.5. The van der Waals surface area contributed by atoms with Crippen molar-refractivity contribution in [1.82, 2.24) is 10.2 Å². The van der Waals surface area contributed by atoms with Crippen molar-refractivity contribution < 1.29 is 19.1 Å². The highest BCUT2D eigenvalue weighted by Crippen LogP contribution is 2.29. The average molecular weight is 491 g/mol. The number of ether oxygens (including phenoxy) is 2. The van der Waals surface area contributed by atoms with E-state index in [1.165, 1.54) is 7.11 Å². The lowest BCUT2D eigenvalue weighted by molar-refractivity contribution is -0.144.